The zero-order valence-corrected chi connectivity index (χ0v) is 11.0. The van der Waals surface area contributed by atoms with E-state index in [0.717, 1.165) is 5.57 Å². The Bertz CT molecular complexity index is 269. The summed E-state index contributed by atoms with van der Waals surface area (Å²) in [6, 6.07) is 0. The Morgan fingerprint density at radius 3 is 2.19 bits per heavy atom. The van der Waals surface area contributed by atoms with Crippen LogP contribution in [-0.4, -0.2) is 28.9 Å². The summed E-state index contributed by atoms with van der Waals surface area (Å²) in [5.74, 6) is 0. The number of hydrogen-bond donors (Lipinski definition) is 2. The molecule has 0 radical (unpaired) electrons. The molecule has 0 heterocycles. The van der Waals surface area contributed by atoms with E-state index in [1.807, 2.05) is 27.7 Å². The fourth-order valence-electron chi connectivity index (χ4n) is 1.18. The molecule has 4 heteroatoms. The van der Waals surface area contributed by atoms with Gasteiger partial charge in [-0.2, -0.15) is 0 Å². The van der Waals surface area contributed by atoms with Crippen molar-refractivity contribution in [2.45, 2.75) is 52.7 Å². The molecule has 0 aliphatic heterocycles. The summed E-state index contributed by atoms with van der Waals surface area (Å²) in [7, 11) is 0. The van der Waals surface area contributed by atoms with E-state index in [9.17, 15) is 9.90 Å². The second-order valence-electron chi connectivity index (χ2n) is 5.50. The van der Waals surface area contributed by atoms with Gasteiger partial charge in [-0.05, 0) is 41.5 Å². The standard InChI is InChI=1S/C12H23NO3/c1-9(7-12(5,6)15)8-13-10(14)16-11(2,3)4/h7,15H,8H2,1-6H3,(H,13,14)/b9-7+. The average molecular weight is 229 g/mol. The van der Waals surface area contributed by atoms with Crippen molar-refractivity contribution in [3.8, 4) is 0 Å². The molecule has 0 atom stereocenters. The van der Waals surface area contributed by atoms with E-state index in [0.29, 0.717) is 6.54 Å². The fourth-order valence-corrected chi connectivity index (χ4v) is 1.18. The van der Waals surface area contributed by atoms with Crippen molar-refractivity contribution in [3.63, 3.8) is 0 Å². The molecule has 0 spiro atoms. The number of nitrogens with one attached hydrogen (secondary N) is 1. The van der Waals surface area contributed by atoms with Crippen molar-refractivity contribution in [3.05, 3.63) is 11.6 Å². The van der Waals surface area contributed by atoms with E-state index in [1.54, 1.807) is 19.9 Å². The number of carbonyl (C=O) groups is 1. The lowest BCUT2D eigenvalue weighted by Gasteiger charge is -2.20. The number of aliphatic hydroxyl groups is 1. The van der Waals surface area contributed by atoms with Crippen LogP contribution in [0.1, 0.15) is 41.5 Å². The molecule has 0 unspecified atom stereocenters. The van der Waals surface area contributed by atoms with Crippen molar-refractivity contribution in [1.82, 2.24) is 5.32 Å². The molecular formula is C12H23NO3. The van der Waals surface area contributed by atoms with Gasteiger partial charge in [0.15, 0.2) is 0 Å². The van der Waals surface area contributed by atoms with Gasteiger partial charge in [0.1, 0.15) is 5.60 Å². The highest BCUT2D eigenvalue weighted by Gasteiger charge is 2.16. The van der Waals surface area contributed by atoms with Crippen molar-refractivity contribution >= 4 is 6.09 Å². The molecule has 16 heavy (non-hydrogen) atoms. The molecule has 4 nitrogen and oxygen atoms in total. The van der Waals surface area contributed by atoms with Crippen LogP contribution in [0.3, 0.4) is 0 Å². The van der Waals surface area contributed by atoms with Crippen LogP contribution in [0.4, 0.5) is 4.79 Å². The van der Waals surface area contributed by atoms with E-state index in [1.165, 1.54) is 0 Å². The monoisotopic (exact) mass is 229 g/mol. The first-order valence-electron chi connectivity index (χ1n) is 5.37. The molecule has 0 fully saturated rings. The van der Waals surface area contributed by atoms with E-state index in [-0.39, 0.29) is 0 Å². The topological polar surface area (TPSA) is 58.6 Å². The number of ether oxygens (including phenoxy) is 1. The highest BCUT2D eigenvalue weighted by molar-refractivity contribution is 5.68. The minimum absolute atomic E-state index is 0.374. The third kappa shape index (κ3) is 9.52. The van der Waals surface area contributed by atoms with Crippen molar-refractivity contribution < 1.29 is 14.6 Å². The van der Waals surface area contributed by atoms with Crippen molar-refractivity contribution in [2.75, 3.05) is 6.54 Å². The molecule has 0 rings (SSSR count). The van der Waals surface area contributed by atoms with Gasteiger partial charge in [-0.25, -0.2) is 4.79 Å². The van der Waals surface area contributed by atoms with Gasteiger partial charge in [0.25, 0.3) is 0 Å². The molecule has 94 valence electrons. The lowest BCUT2D eigenvalue weighted by Crippen LogP contribution is -2.33. The summed E-state index contributed by atoms with van der Waals surface area (Å²) >= 11 is 0. The summed E-state index contributed by atoms with van der Waals surface area (Å²) in [6.07, 6.45) is 1.25. The van der Waals surface area contributed by atoms with Gasteiger partial charge in [-0.3, -0.25) is 0 Å². The van der Waals surface area contributed by atoms with E-state index in [4.69, 9.17) is 4.74 Å². The molecular weight excluding hydrogens is 206 g/mol. The van der Waals surface area contributed by atoms with Gasteiger partial charge in [-0.1, -0.05) is 11.6 Å². The highest BCUT2D eigenvalue weighted by atomic mass is 16.6. The predicted octanol–water partition coefficient (Wildman–Crippen LogP) is 2.23. The maximum absolute atomic E-state index is 11.3. The van der Waals surface area contributed by atoms with Gasteiger partial charge in [0.05, 0.1) is 5.60 Å². The Labute approximate surface area is 97.7 Å². The third-order valence-electron chi connectivity index (χ3n) is 1.51. The number of rotatable bonds is 3. The Morgan fingerprint density at radius 2 is 1.81 bits per heavy atom. The average Bonchev–Trinajstić information content (AvgIpc) is 1.94. The summed E-state index contributed by atoms with van der Waals surface area (Å²) in [5, 5.41) is 12.1. The Kier molecular flexibility index (Phi) is 5.00. The molecule has 0 bridgehead atoms. The first kappa shape index (κ1) is 15.0. The van der Waals surface area contributed by atoms with Crippen LogP contribution in [-0.2, 0) is 4.74 Å². The fraction of sp³-hybridized carbons (Fsp3) is 0.750. The summed E-state index contributed by atoms with van der Waals surface area (Å²) in [5.41, 5.74) is -0.462. The molecule has 0 aromatic rings. The van der Waals surface area contributed by atoms with E-state index in [2.05, 4.69) is 5.32 Å². The van der Waals surface area contributed by atoms with E-state index < -0.39 is 17.3 Å². The second kappa shape index (κ2) is 5.34. The van der Waals surface area contributed by atoms with Crippen LogP contribution in [0.15, 0.2) is 11.6 Å². The smallest absolute Gasteiger partial charge is 0.407 e. The molecule has 0 aliphatic rings. The summed E-state index contributed by atoms with van der Waals surface area (Å²) < 4.78 is 5.08. The molecule has 0 aromatic carbocycles. The van der Waals surface area contributed by atoms with Crippen LogP contribution < -0.4 is 5.32 Å². The number of alkyl carbamates (subject to hydrolysis) is 1. The molecule has 1 amide bonds. The van der Waals surface area contributed by atoms with Gasteiger partial charge in [0.2, 0.25) is 0 Å². The molecule has 2 N–H and O–H groups in total. The SMILES string of the molecule is C/C(=C\C(C)(C)O)CNC(=O)OC(C)(C)C. The van der Waals surface area contributed by atoms with Gasteiger partial charge in [0, 0.05) is 6.54 Å². The summed E-state index contributed by atoms with van der Waals surface area (Å²) in [4.78, 5) is 11.3. The maximum atomic E-state index is 11.3. The second-order valence-corrected chi connectivity index (χ2v) is 5.50. The number of carbonyl (C=O) groups excluding carboxylic acids is 1. The predicted molar refractivity (Wildman–Crippen MR) is 64.3 cm³/mol. The highest BCUT2D eigenvalue weighted by Crippen LogP contribution is 2.08. The number of hydrogen-bond acceptors (Lipinski definition) is 3. The van der Waals surface area contributed by atoms with Gasteiger partial charge >= 0.3 is 6.09 Å². The van der Waals surface area contributed by atoms with Crippen LogP contribution >= 0.6 is 0 Å². The van der Waals surface area contributed by atoms with Crippen molar-refractivity contribution in [1.29, 1.82) is 0 Å². The molecule has 0 saturated heterocycles. The summed E-state index contributed by atoms with van der Waals surface area (Å²) in [6.45, 7) is 11.0. The van der Waals surface area contributed by atoms with Gasteiger partial charge in [-0.15, -0.1) is 0 Å². The quantitative estimate of drug-likeness (QED) is 0.730. The zero-order valence-electron chi connectivity index (χ0n) is 11.0. The third-order valence-corrected chi connectivity index (χ3v) is 1.51. The molecule has 0 aromatic heterocycles. The van der Waals surface area contributed by atoms with Crippen LogP contribution in [0.2, 0.25) is 0 Å². The van der Waals surface area contributed by atoms with Crippen LogP contribution in [0.25, 0.3) is 0 Å². The van der Waals surface area contributed by atoms with Crippen molar-refractivity contribution in [2.24, 2.45) is 0 Å². The lowest BCUT2D eigenvalue weighted by atomic mass is 10.1. The van der Waals surface area contributed by atoms with Crippen LogP contribution in [0.5, 0.6) is 0 Å². The lowest BCUT2D eigenvalue weighted by molar-refractivity contribution is 0.0531. The molecule has 0 aliphatic carbocycles. The minimum atomic E-state index is -0.861. The van der Waals surface area contributed by atoms with Crippen LogP contribution in [0, 0.1) is 0 Å². The number of amides is 1. The normalized spacial score (nSPS) is 13.6. The first-order chi connectivity index (χ1) is 6.99. The molecule has 0 saturated carbocycles. The largest absolute Gasteiger partial charge is 0.444 e. The zero-order chi connectivity index (χ0) is 13.0. The Morgan fingerprint density at radius 1 is 1.31 bits per heavy atom. The Balaban J connectivity index is 4.08. The first-order valence-corrected chi connectivity index (χ1v) is 5.37. The van der Waals surface area contributed by atoms with Gasteiger partial charge < -0.3 is 15.2 Å². The minimum Gasteiger partial charge on any atom is -0.444 e. The Hall–Kier alpha value is -1.03. The van der Waals surface area contributed by atoms with E-state index >= 15 is 0 Å². The maximum Gasteiger partial charge on any atom is 0.407 e.